The Bertz CT molecular complexity index is 163. The number of rotatable bonds is 4. The van der Waals surface area contributed by atoms with Gasteiger partial charge in [0, 0.05) is 20.2 Å². The zero-order valence-corrected chi connectivity index (χ0v) is 9.17. The van der Waals surface area contributed by atoms with Gasteiger partial charge >= 0.3 is 0 Å². The van der Waals surface area contributed by atoms with Crippen molar-refractivity contribution in [1.29, 1.82) is 0 Å². The van der Waals surface area contributed by atoms with E-state index in [0.717, 1.165) is 5.92 Å². The predicted molar refractivity (Wildman–Crippen MR) is 57.4 cm³/mol. The zero-order valence-electron chi connectivity index (χ0n) is 9.17. The Hall–Kier alpha value is -0.120. The number of ether oxygens (including phenoxy) is 1. The molecule has 0 atom stereocenters. The first kappa shape index (κ1) is 10.4. The molecule has 3 nitrogen and oxygen atoms in total. The maximum atomic E-state index is 5.36. The summed E-state index contributed by atoms with van der Waals surface area (Å²) in [6, 6.07) is 0. The van der Waals surface area contributed by atoms with E-state index in [0.29, 0.717) is 6.10 Å². The molecule has 2 saturated heterocycles. The fraction of sp³-hybridized carbons (Fsp3) is 1.00. The number of piperidine rings is 1. The molecule has 0 aromatic heterocycles. The molecule has 2 fully saturated rings. The number of hydrogen-bond donors (Lipinski definition) is 1. The van der Waals surface area contributed by atoms with Crippen LogP contribution in [0.3, 0.4) is 0 Å². The highest BCUT2D eigenvalue weighted by Gasteiger charge is 2.21. The van der Waals surface area contributed by atoms with Crippen molar-refractivity contribution >= 4 is 0 Å². The van der Waals surface area contributed by atoms with Crippen molar-refractivity contribution in [2.24, 2.45) is 5.92 Å². The van der Waals surface area contributed by atoms with Crippen molar-refractivity contribution in [2.75, 3.05) is 39.8 Å². The molecule has 1 N–H and O–H groups in total. The molecule has 0 spiro atoms. The molecule has 0 aliphatic carbocycles. The summed E-state index contributed by atoms with van der Waals surface area (Å²) in [5, 5.41) is 3.33. The molecule has 0 unspecified atom stereocenters. The minimum atomic E-state index is 0.525. The number of nitrogens with one attached hydrogen (secondary N) is 1. The number of nitrogens with zero attached hydrogens (tertiary/aromatic N) is 1. The highest BCUT2D eigenvalue weighted by Crippen LogP contribution is 2.15. The van der Waals surface area contributed by atoms with Crippen molar-refractivity contribution in [2.45, 2.75) is 25.4 Å². The van der Waals surface area contributed by atoms with Crippen LogP contribution in [-0.4, -0.2) is 50.8 Å². The van der Waals surface area contributed by atoms with Crippen LogP contribution in [0.2, 0.25) is 0 Å². The van der Waals surface area contributed by atoms with Crippen molar-refractivity contribution < 1.29 is 4.74 Å². The van der Waals surface area contributed by atoms with E-state index in [1.165, 1.54) is 52.0 Å². The van der Waals surface area contributed by atoms with Crippen LogP contribution >= 0.6 is 0 Å². The smallest absolute Gasteiger partial charge is 0.0595 e. The van der Waals surface area contributed by atoms with E-state index in [2.05, 4.69) is 10.2 Å². The van der Waals surface area contributed by atoms with Crippen LogP contribution in [0.4, 0.5) is 0 Å². The molecular weight excluding hydrogens is 176 g/mol. The van der Waals surface area contributed by atoms with Gasteiger partial charge in [0.25, 0.3) is 0 Å². The van der Waals surface area contributed by atoms with E-state index in [1.807, 2.05) is 7.11 Å². The Morgan fingerprint density at radius 1 is 1.29 bits per heavy atom. The van der Waals surface area contributed by atoms with Crippen molar-refractivity contribution in [3.05, 3.63) is 0 Å². The van der Waals surface area contributed by atoms with E-state index in [9.17, 15) is 0 Å². The van der Waals surface area contributed by atoms with Crippen LogP contribution in [0.15, 0.2) is 0 Å². The maximum absolute atomic E-state index is 5.36. The van der Waals surface area contributed by atoms with E-state index >= 15 is 0 Å². The lowest BCUT2D eigenvalue weighted by atomic mass is 9.98. The molecule has 82 valence electrons. The van der Waals surface area contributed by atoms with Gasteiger partial charge in [0.15, 0.2) is 0 Å². The van der Waals surface area contributed by atoms with Gasteiger partial charge in [-0.1, -0.05) is 0 Å². The van der Waals surface area contributed by atoms with Gasteiger partial charge in [0.1, 0.15) is 0 Å². The quantitative estimate of drug-likeness (QED) is 0.720. The van der Waals surface area contributed by atoms with Crippen LogP contribution in [-0.2, 0) is 4.74 Å². The second-order valence-corrected chi connectivity index (χ2v) is 4.59. The Morgan fingerprint density at radius 2 is 2.00 bits per heavy atom. The summed E-state index contributed by atoms with van der Waals surface area (Å²) in [6.45, 7) is 6.25. The highest BCUT2D eigenvalue weighted by atomic mass is 16.5. The monoisotopic (exact) mass is 198 g/mol. The lowest BCUT2D eigenvalue weighted by molar-refractivity contribution is 0.0388. The topological polar surface area (TPSA) is 24.5 Å². The SMILES string of the molecule is COC1CCN(CCC2CNC2)CC1. The van der Waals surface area contributed by atoms with Gasteiger partial charge in [-0.05, 0) is 44.8 Å². The average molecular weight is 198 g/mol. The molecule has 3 heteroatoms. The Morgan fingerprint density at radius 3 is 2.50 bits per heavy atom. The third kappa shape index (κ3) is 2.69. The molecule has 0 bridgehead atoms. The van der Waals surface area contributed by atoms with E-state index in [-0.39, 0.29) is 0 Å². The molecule has 2 aliphatic rings. The fourth-order valence-corrected chi connectivity index (χ4v) is 2.29. The molecule has 2 heterocycles. The summed E-state index contributed by atoms with van der Waals surface area (Å²) in [6.07, 6.45) is 4.35. The number of hydrogen-bond acceptors (Lipinski definition) is 3. The lowest BCUT2D eigenvalue weighted by Gasteiger charge is -2.34. The Balaban J connectivity index is 1.58. The second kappa shape index (κ2) is 5.10. The molecule has 0 aromatic rings. The van der Waals surface area contributed by atoms with E-state index < -0.39 is 0 Å². The largest absolute Gasteiger partial charge is 0.381 e. The van der Waals surface area contributed by atoms with Gasteiger partial charge in [-0.15, -0.1) is 0 Å². The lowest BCUT2D eigenvalue weighted by Crippen LogP contribution is -2.45. The fourth-order valence-electron chi connectivity index (χ4n) is 2.29. The summed E-state index contributed by atoms with van der Waals surface area (Å²) in [4.78, 5) is 2.59. The Kier molecular flexibility index (Phi) is 3.79. The van der Waals surface area contributed by atoms with Crippen LogP contribution < -0.4 is 5.32 Å². The molecule has 0 aromatic carbocycles. The van der Waals surface area contributed by atoms with Crippen LogP contribution in [0.25, 0.3) is 0 Å². The predicted octanol–water partition coefficient (Wildman–Crippen LogP) is 0.707. The van der Waals surface area contributed by atoms with Crippen LogP contribution in [0.1, 0.15) is 19.3 Å². The molecule has 14 heavy (non-hydrogen) atoms. The van der Waals surface area contributed by atoms with E-state index in [1.54, 1.807) is 0 Å². The normalized spacial score (nSPS) is 26.4. The molecular formula is C11H22N2O. The standard InChI is InChI=1S/C11H22N2O/c1-14-11-3-6-13(7-4-11)5-2-10-8-12-9-10/h10-12H,2-9H2,1H3. The number of likely N-dealkylation sites (tertiary alicyclic amines) is 1. The minimum absolute atomic E-state index is 0.525. The first-order valence-electron chi connectivity index (χ1n) is 5.84. The summed E-state index contributed by atoms with van der Waals surface area (Å²) in [5.41, 5.74) is 0. The average Bonchev–Trinajstić information content (AvgIpc) is 2.16. The van der Waals surface area contributed by atoms with Gasteiger partial charge in [0.2, 0.25) is 0 Å². The number of methoxy groups -OCH3 is 1. The van der Waals surface area contributed by atoms with Crippen molar-refractivity contribution in [3.63, 3.8) is 0 Å². The van der Waals surface area contributed by atoms with Gasteiger partial charge < -0.3 is 15.0 Å². The third-order valence-electron chi connectivity index (χ3n) is 3.59. The molecule has 2 aliphatic heterocycles. The van der Waals surface area contributed by atoms with Crippen LogP contribution in [0.5, 0.6) is 0 Å². The highest BCUT2D eigenvalue weighted by molar-refractivity contribution is 4.78. The summed E-state index contributed by atoms with van der Waals surface area (Å²) in [5.74, 6) is 0.954. The van der Waals surface area contributed by atoms with Crippen LogP contribution in [0, 0.1) is 5.92 Å². The van der Waals surface area contributed by atoms with Gasteiger partial charge in [0.05, 0.1) is 6.10 Å². The molecule has 0 saturated carbocycles. The second-order valence-electron chi connectivity index (χ2n) is 4.59. The van der Waals surface area contributed by atoms with Gasteiger partial charge in [-0.25, -0.2) is 0 Å². The first-order chi connectivity index (χ1) is 6.88. The zero-order chi connectivity index (χ0) is 9.80. The van der Waals surface area contributed by atoms with E-state index in [4.69, 9.17) is 4.74 Å². The molecule has 0 radical (unpaired) electrons. The first-order valence-corrected chi connectivity index (χ1v) is 5.84. The third-order valence-corrected chi connectivity index (χ3v) is 3.59. The maximum Gasteiger partial charge on any atom is 0.0595 e. The summed E-state index contributed by atoms with van der Waals surface area (Å²) >= 11 is 0. The summed E-state index contributed by atoms with van der Waals surface area (Å²) in [7, 11) is 1.83. The van der Waals surface area contributed by atoms with Crippen molar-refractivity contribution in [3.8, 4) is 0 Å². The minimum Gasteiger partial charge on any atom is -0.381 e. The van der Waals surface area contributed by atoms with Gasteiger partial charge in [-0.2, -0.15) is 0 Å². The summed E-state index contributed by atoms with van der Waals surface area (Å²) < 4.78 is 5.36. The van der Waals surface area contributed by atoms with Crippen molar-refractivity contribution in [1.82, 2.24) is 10.2 Å². The molecule has 2 rings (SSSR count). The molecule has 0 amide bonds. The van der Waals surface area contributed by atoms with Gasteiger partial charge in [-0.3, -0.25) is 0 Å². The Labute approximate surface area is 86.8 Å².